The first kappa shape index (κ1) is 13.2. The lowest BCUT2D eigenvalue weighted by Gasteiger charge is -2.32. The largest absolute Gasteiger partial charge is 0.496 e. The van der Waals surface area contributed by atoms with Gasteiger partial charge in [0.15, 0.2) is 0 Å². The lowest BCUT2D eigenvalue weighted by molar-refractivity contribution is 0.332. The third-order valence-electron chi connectivity index (χ3n) is 3.96. The van der Waals surface area contributed by atoms with Gasteiger partial charge in [-0.3, -0.25) is 0 Å². The van der Waals surface area contributed by atoms with Crippen molar-refractivity contribution in [1.82, 2.24) is 0 Å². The lowest BCUT2D eigenvalue weighted by Crippen LogP contribution is -2.36. The molecule has 3 N–H and O–H groups in total. The number of benzene rings is 1. The van der Waals surface area contributed by atoms with Crippen molar-refractivity contribution in [2.45, 2.75) is 38.6 Å². The summed E-state index contributed by atoms with van der Waals surface area (Å²) in [5.74, 6) is 1.56. The van der Waals surface area contributed by atoms with Gasteiger partial charge in [0.1, 0.15) is 5.75 Å². The maximum atomic E-state index is 5.86. The topological polar surface area (TPSA) is 47.3 Å². The fourth-order valence-electron chi connectivity index (χ4n) is 2.86. The Balaban J connectivity index is 2.05. The van der Waals surface area contributed by atoms with Crippen molar-refractivity contribution < 1.29 is 4.74 Å². The Morgan fingerprint density at radius 3 is 2.78 bits per heavy atom. The number of hydrogen-bond acceptors (Lipinski definition) is 3. The van der Waals surface area contributed by atoms with E-state index >= 15 is 0 Å². The van der Waals surface area contributed by atoms with Gasteiger partial charge in [-0.2, -0.15) is 0 Å². The van der Waals surface area contributed by atoms with Gasteiger partial charge in [-0.05, 0) is 56.0 Å². The summed E-state index contributed by atoms with van der Waals surface area (Å²) in [6, 6.07) is 6.80. The van der Waals surface area contributed by atoms with E-state index in [1.54, 1.807) is 7.11 Å². The molecule has 0 bridgehead atoms. The van der Waals surface area contributed by atoms with E-state index in [1.165, 1.54) is 36.9 Å². The molecule has 18 heavy (non-hydrogen) atoms. The van der Waals surface area contributed by atoms with Crippen molar-refractivity contribution in [1.29, 1.82) is 0 Å². The highest BCUT2D eigenvalue weighted by Gasteiger charge is 2.23. The molecule has 1 saturated carbocycles. The second-order valence-corrected chi connectivity index (χ2v) is 5.22. The van der Waals surface area contributed by atoms with E-state index in [4.69, 9.17) is 10.5 Å². The van der Waals surface area contributed by atoms with E-state index in [9.17, 15) is 0 Å². The van der Waals surface area contributed by atoms with Crippen molar-refractivity contribution in [3.63, 3.8) is 0 Å². The average Bonchev–Trinajstić information content (AvgIpc) is 2.39. The molecule has 0 spiro atoms. The van der Waals surface area contributed by atoms with Crippen LogP contribution in [0.3, 0.4) is 0 Å². The van der Waals surface area contributed by atoms with Crippen LogP contribution in [0.4, 0.5) is 5.69 Å². The summed E-state index contributed by atoms with van der Waals surface area (Å²) in [5, 5.41) is 3.64. The molecule has 0 saturated heterocycles. The summed E-state index contributed by atoms with van der Waals surface area (Å²) in [6.45, 7) is 2.86. The summed E-state index contributed by atoms with van der Waals surface area (Å²) in [7, 11) is 1.71. The third-order valence-corrected chi connectivity index (χ3v) is 3.96. The zero-order valence-corrected chi connectivity index (χ0v) is 11.4. The molecule has 0 radical (unpaired) electrons. The summed E-state index contributed by atoms with van der Waals surface area (Å²) in [4.78, 5) is 0. The molecular formula is C15H24N2O. The van der Waals surface area contributed by atoms with E-state index in [-0.39, 0.29) is 0 Å². The molecule has 100 valence electrons. The molecule has 2 atom stereocenters. The summed E-state index contributed by atoms with van der Waals surface area (Å²) in [5.41, 5.74) is 8.21. The number of ether oxygens (including phenoxy) is 1. The van der Waals surface area contributed by atoms with Crippen LogP contribution >= 0.6 is 0 Å². The first-order chi connectivity index (χ1) is 8.74. The maximum Gasteiger partial charge on any atom is 0.121 e. The number of rotatable bonds is 4. The minimum atomic E-state index is 0.525. The minimum absolute atomic E-state index is 0.525. The second-order valence-electron chi connectivity index (χ2n) is 5.22. The van der Waals surface area contributed by atoms with Gasteiger partial charge in [0, 0.05) is 11.7 Å². The second kappa shape index (κ2) is 6.10. The molecule has 1 fully saturated rings. The van der Waals surface area contributed by atoms with Crippen molar-refractivity contribution >= 4 is 5.69 Å². The van der Waals surface area contributed by atoms with Gasteiger partial charge in [-0.1, -0.05) is 12.8 Å². The van der Waals surface area contributed by atoms with Gasteiger partial charge in [0.05, 0.1) is 7.11 Å². The number of aryl methyl sites for hydroxylation is 1. The molecule has 1 aromatic rings. The number of methoxy groups -OCH3 is 1. The van der Waals surface area contributed by atoms with Gasteiger partial charge >= 0.3 is 0 Å². The number of nitrogens with one attached hydrogen (secondary N) is 1. The number of nitrogens with two attached hydrogens (primary N) is 1. The molecule has 3 heteroatoms. The Labute approximate surface area is 110 Å². The van der Waals surface area contributed by atoms with Crippen molar-refractivity contribution in [3.8, 4) is 5.75 Å². The highest BCUT2D eigenvalue weighted by Crippen LogP contribution is 2.28. The maximum absolute atomic E-state index is 5.86. The van der Waals surface area contributed by atoms with Crippen LogP contribution in [0.2, 0.25) is 0 Å². The van der Waals surface area contributed by atoms with Crippen LogP contribution in [0.5, 0.6) is 5.75 Å². The highest BCUT2D eigenvalue weighted by atomic mass is 16.5. The molecule has 0 heterocycles. The molecule has 0 aromatic heterocycles. The Hall–Kier alpha value is -1.22. The van der Waals surface area contributed by atoms with E-state index in [0.29, 0.717) is 12.0 Å². The zero-order chi connectivity index (χ0) is 13.0. The first-order valence-corrected chi connectivity index (χ1v) is 6.86. The predicted molar refractivity (Wildman–Crippen MR) is 76.2 cm³/mol. The van der Waals surface area contributed by atoms with E-state index in [0.717, 1.165) is 12.3 Å². The number of anilines is 1. The van der Waals surface area contributed by atoms with Gasteiger partial charge in [0.2, 0.25) is 0 Å². The third kappa shape index (κ3) is 2.96. The van der Waals surface area contributed by atoms with Gasteiger partial charge in [0.25, 0.3) is 0 Å². The van der Waals surface area contributed by atoms with E-state index < -0.39 is 0 Å². The minimum Gasteiger partial charge on any atom is -0.496 e. The average molecular weight is 248 g/mol. The van der Waals surface area contributed by atoms with Gasteiger partial charge in [-0.15, -0.1) is 0 Å². The highest BCUT2D eigenvalue weighted by molar-refractivity contribution is 5.51. The van der Waals surface area contributed by atoms with Crippen molar-refractivity contribution in [2.75, 3.05) is 19.0 Å². The van der Waals surface area contributed by atoms with Crippen LogP contribution in [-0.4, -0.2) is 19.7 Å². The van der Waals surface area contributed by atoms with Crippen LogP contribution in [0.15, 0.2) is 18.2 Å². The fourth-order valence-corrected chi connectivity index (χ4v) is 2.86. The van der Waals surface area contributed by atoms with Gasteiger partial charge < -0.3 is 15.8 Å². The Bertz CT molecular complexity index is 392. The van der Waals surface area contributed by atoms with E-state index in [1.807, 2.05) is 6.07 Å². The van der Waals surface area contributed by atoms with Gasteiger partial charge in [-0.25, -0.2) is 0 Å². The van der Waals surface area contributed by atoms with Crippen LogP contribution in [0.25, 0.3) is 0 Å². The van der Waals surface area contributed by atoms with Crippen LogP contribution < -0.4 is 15.8 Å². The van der Waals surface area contributed by atoms with E-state index in [2.05, 4.69) is 24.4 Å². The zero-order valence-electron chi connectivity index (χ0n) is 11.4. The van der Waals surface area contributed by atoms with Crippen LogP contribution in [0, 0.1) is 12.8 Å². The standard InChI is InChI=1S/C15H24N2O/c1-11-9-13(7-8-15(11)18-2)17-14-6-4-3-5-12(14)10-16/h7-9,12,14,17H,3-6,10,16H2,1-2H3. The summed E-state index contributed by atoms with van der Waals surface area (Å²) >= 11 is 0. The summed E-state index contributed by atoms with van der Waals surface area (Å²) in [6.07, 6.45) is 5.11. The molecule has 0 amide bonds. The fraction of sp³-hybridized carbons (Fsp3) is 0.600. The number of hydrogen-bond donors (Lipinski definition) is 2. The molecule has 1 aliphatic rings. The van der Waals surface area contributed by atoms with Crippen LogP contribution in [-0.2, 0) is 0 Å². The monoisotopic (exact) mass is 248 g/mol. The molecule has 3 nitrogen and oxygen atoms in total. The Morgan fingerprint density at radius 1 is 1.33 bits per heavy atom. The first-order valence-electron chi connectivity index (χ1n) is 6.86. The molecule has 2 rings (SSSR count). The Kier molecular flexibility index (Phi) is 4.48. The SMILES string of the molecule is COc1ccc(NC2CCCCC2CN)cc1C. The normalized spacial score (nSPS) is 23.7. The molecular weight excluding hydrogens is 224 g/mol. The predicted octanol–water partition coefficient (Wildman–Crippen LogP) is 2.93. The lowest BCUT2D eigenvalue weighted by atomic mass is 9.84. The molecule has 1 aliphatic carbocycles. The molecule has 1 aromatic carbocycles. The van der Waals surface area contributed by atoms with Crippen molar-refractivity contribution in [3.05, 3.63) is 23.8 Å². The van der Waals surface area contributed by atoms with Crippen molar-refractivity contribution in [2.24, 2.45) is 11.7 Å². The Morgan fingerprint density at radius 2 is 2.11 bits per heavy atom. The summed E-state index contributed by atoms with van der Waals surface area (Å²) < 4.78 is 5.28. The molecule has 2 unspecified atom stereocenters. The quantitative estimate of drug-likeness (QED) is 0.861. The molecule has 0 aliphatic heterocycles. The smallest absolute Gasteiger partial charge is 0.121 e. The van der Waals surface area contributed by atoms with Crippen LogP contribution in [0.1, 0.15) is 31.2 Å².